The smallest absolute Gasteiger partial charge is 0.328 e. The minimum atomic E-state index is -1.07. The fourth-order valence-electron chi connectivity index (χ4n) is 2.06. The summed E-state index contributed by atoms with van der Waals surface area (Å²) in [4.78, 5) is 12.3. The number of carbonyl (C=O) groups is 1. The van der Waals surface area contributed by atoms with Crippen molar-refractivity contribution < 1.29 is 19.4 Å². The second-order valence-electron chi connectivity index (χ2n) is 5.55. The van der Waals surface area contributed by atoms with E-state index < -0.39 is 17.4 Å². The molecule has 20 heavy (non-hydrogen) atoms. The van der Waals surface area contributed by atoms with E-state index in [1.165, 1.54) is 18.2 Å². The normalized spacial score (nSPS) is 12.3. The van der Waals surface area contributed by atoms with Gasteiger partial charge >= 0.3 is 5.97 Å². The summed E-state index contributed by atoms with van der Waals surface area (Å²) in [5.41, 5.74) is 0.398. The van der Waals surface area contributed by atoms with Crippen LogP contribution < -0.4 is 0 Å². The lowest BCUT2D eigenvalue weighted by atomic mass is 10.1. The van der Waals surface area contributed by atoms with E-state index in [4.69, 9.17) is 5.11 Å². The van der Waals surface area contributed by atoms with Crippen LogP contribution in [0.15, 0.2) is 24.3 Å². The molecular formula is C15H20FNO3. The van der Waals surface area contributed by atoms with Crippen LogP contribution in [0, 0.1) is 5.82 Å². The standard InChI is InChI=1S/C15H20FNO3/c1-15(2,20)10-17(3)9-12-6-11(4-5-14(18)19)7-13(16)8-12/h4-8,20H,9-10H2,1-3H3,(H,18,19). The number of hydrogen-bond acceptors (Lipinski definition) is 3. The van der Waals surface area contributed by atoms with Crippen molar-refractivity contribution in [3.05, 3.63) is 41.2 Å². The number of aliphatic hydroxyl groups is 1. The number of likely N-dealkylation sites (N-methyl/N-ethyl adjacent to an activating group) is 1. The third-order valence-corrected chi connectivity index (χ3v) is 2.51. The summed E-state index contributed by atoms with van der Waals surface area (Å²) in [6.45, 7) is 4.33. The minimum absolute atomic E-state index is 0.413. The molecule has 5 heteroatoms. The molecule has 4 nitrogen and oxygen atoms in total. The molecule has 0 aliphatic heterocycles. The monoisotopic (exact) mass is 281 g/mol. The highest BCUT2D eigenvalue weighted by molar-refractivity contribution is 5.85. The topological polar surface area (TPSA) is 60.8 Å². The summed E-state index contributed by atoms with van der Waals surface area (Å²) >= 11 is 0. The lowest BCUT2D eigenvalue weighted by molar-refractivity contribution is -0.131. The van der Waals surface area contributed by atoms with Crippen LogP contribution in [0.2, 0.25) is 0 Å². The quantitative estimate of drug-likeness (QED) is 0.784. The van der Waals surface area contributed by atoms with E-state index in [1.54, 1.807) is 19.9 Å². The molecule has 1 aromatic rings. The van der Waals surface area contributed by atoms with Gasteiger partial charge in [-0.15, -0.1) is 0 Å². The number of halogens is 1. The third kappa shape index (κ3) is 6.45. The van der Waals surface area contributed by atoms with Gasteiger partial charge in [0, 0.05) is 19.2 Å². The summed E-state index contributed by atoms with van der Waals surface area (Å²) in [6, 6.07) is 4.40. The second-order valence-corrected chi connectivity index (χ2v) is 5.55. The fourth-order valence-corrected chi connectivity index (χ4v) is 2.06. The highest BCUT2D eigenvalue weighted by Crippen LogP contribution is 2.14. The molecule has 0 unspecified atom stereocenters. The molecule has 0 aliphatic carbocycles. The molecule has 0 aliphatic rings. The first-order valence-electron chi connectivity index (χ1n) is 6.27. The van der Waals surface area contributed by atoms with Crippen molar-refractivity contribution in [1.29, 1.82) is 0 Å². The van der Waals surface area contributed by atoms with Gasteiger partial charge in [-0.2, -0.15) is 0 Å². The number of nitrogens with zero attached hydrogens (tertiary/aromatic N) is 1. The van der Waals surface area contributed by atoms with E-state index in [0.717, 1.165) is 11.6 Å². The lowest BCUT2D eigenvalue weighted by Crippen LogP contribution is -2.35. The van der Waals surface area contributed by atoms with E-state index in [-0.39, 0.29) is 0 Å². The molecule has 0 spiro atoms. The number of benzene rings is 1. The molecule has 1 aromatic carbocycles. The first kappa shape index (κ1) is 16.3. The van der Waals surface area contributed by atoms with E-state index in [2.05, 4.69) is 0 Å². The van der Waals surface area contributed by atoms with Gasteiger partial charge in [0.15, 0.2) is 0 Å². The SMILES string of the molecule is CN(Cc1cc(F)cc(C=CC(=O)O)c1)CC(C)(C)O. The van der Waals surface area contributed by atoms with Gasteiger partial charge < -0.3 is 10.2 Å². The van der Waals surface area contributed by atoms with Gasteiger partial charge in [0.05, 0.1) is 5.60 Å². The van der Waals surface area contributed by atoms with Gasteiger partial charge in [-0.3, -0.25) is 4.90 Å². The van der Waals surface area contributed by atoms with Crippen molar-refractivity contribution in [2.45, 2.75) is 26.0 Å². The summed E-state index contributed by atoms with van der Waals surface area (Å²) in [7, 11) is 1.83. The molecule has 0 fully saturated rings. The predicted molar refractivity (Wildman–Crippen MR) is 75.7 cm³/mol. The van der Waals surface area contributed by atoms with Gasteiger partial charge in [-0.05, 0) is 50.2 Å². The molecule has 0 bridgehead atoms. The minimum Gasteiger partial charge on any atom is -0.478 e. The van der Waals surface area contributed by atoms with Crippen molar-refractivity contribution in [3.63, 3.8) is 0 Å². The highest BCUT2D eigenvalue weighted by atomic mass is 19.1. The first-order chi connectivity index (χ1) is 9.15. The number of carboxylic acids is 1. The highest BCUT2D eigenvalue weighted by Gasteiger charge is 2.15. The molecule has 0 radical (unpaired) electrons. The third-order valence-electron chi connectivity index (χ3n) is 2.51. The molecule has 0 heterocycles. The maximum Gasteiger partial charge on any atom is 0.328 e. The van der Waals surface area contributed by atoms with Crippen LogP contribution in [-0.2, 0) is 11.3 Å². The van der Waals surface area contributed by atoms with E-state index in [1.807, 2.05) is 11.9 Å². The Hall–Kier alpha value is -1.72. The molecule has 1 rings (SSSR count). The van der Waals surface area contributed by atoms with Gasteiger partial charge in [0.25, 0.3) is 0 Å². The molecule has 0 saturated carbocycles. The Morgan fingerprint density at radius 1 is 1.40 bits per heavy atom. The molecule has 0 atom stereocenters. The second kappa shape index (κ2) is 6.63. The summed E-state index contributed by atoms with van der Waals surface area (Å²) < 4.78 is 13.5. The average molecular weight is 281 g/mol. The van der Waals surface area contributed by atoms with Crippen LogP contribution in [-0.4, -0.2) is 40.3 Å². The van der Waals surface area contributed by atoms with Crippen molar-refractivity contribution >= 4 is 12.0 Å². The van der Waals surface area contributed by atoms with Gasteiger partial charge in [-0.25, -0.2) is 9.18 Å². The lowest BCUT2D eigenvalue weighted by Gasteiger charge is -2.25. The van der Waals surface area contributed by atoms with Crippen LogP contribution in [0.1, 0.15) is 25.0 Å². The van der Waals surface area contributed by atoms with Crippen LogP contribution in [0.4, 0.5) is 4.39 Å². The largest absolute Gasteiger partial charge is 0.478 e. The Morgan fingerprint density at radius 3 is 2.60 bits per heavy atom. The summed E-state index contributed by atoms with van der Waals surface area (Å²) in [6.07, 6.45) is 2.32. The zero-order chi connectivity index (χ0) is 15.3. The van der Waals surface area contributed by atoms with Crippen LogP contribution >= 0.6 is 0 Å². The van der Waals surface area contributed by atoms with Crippen LogP contribution in [0.25, 0.3) is 6.08 Å². The molecule has 0 aromatic heterocycles. The number of carboxylic acid groups (broad SMARTS) is 1. The van der Waals surface area contributed by atoms with Gasteiger partial charge in [0.1, 0.15) is 5.82 Å². The molecule has 0 saturated heterocycles. The van der Waals surface area contributed by atoms with Crippen molar-refractivity contribution in [1.82, 2.24) is 4.90 Å². The van der Waals surface area contributed by atoms with Gasteiger partial charge in [0.2, 0.25) is 0 Å². The fraction of sp³-hybridized carbons (Fsp3) is 0.400. The molecule has 0 amide bonds. The van der Waals surface area contributed by atoms with E-state index >= 15 is 0 Å². The number of aliphatic carboxylic acids is 1. The van der Waals surface area contributed by atoms with Crippen molar-refractivity contribution in [2.24, 2.45) is 0 Å². The van der Waals surface area contributed by atoms with Gasteiger partial charge in [-0.1, -0.05) is 6.07 Å². The Morgan fingerprint density at radius 2 is 2.05 bits per heavy atom. The Balaban J connectivity index is 2.83. The van der Waals surface area contributed by atoms with Crippen molar-refractivity contribution in [2.75, 3.05) is 13.6 Å². The van der Waals surface area contributed by atoms with E-state index in [9.17, 15) is 14.3 Å². The van der Waals surface area contributed by atoms with Crippen LogP contribution in [0.3, 0.4) is 0 Å². The maximum absolute atomic E-state index is 13.5. The number of rotatable bonds is 6. The van der Waals surface area contributed by atoms with Crippen LogP contribution in [0.5, 0.6) is 0 Å². The summed E-state index contributed by atoms with van der Waals surface area (Å²) in [5.74, 6) is -1.49. The average Bonchev–Trinajstić information content (AvgIpc) is 2.22. The molecule has 2 N–H and O–H groups in total. The number of hydrogen-bond donors (Lipinski definition) is 2. The van der Waals surface area contributed by atoms with E-state index in [0.29, 0.717) is 18.7 Å². The maximum atomic E-state index is 13.5. The predicted octanol–water partition coefficient (Wildman–Crippen LogP) is 2.13. The Labute approximate surface area is 118 Å². The summed E-state index contributed by atoms with van der Waals surface area (Å²) in [5, 5.41) is 18.3. The first-order valence-corrected chi connectivity index (χ1v) is 6.27. The zero-order valence-corrected chi connectivity index (χ0v) is 11.9. The molecule has 110 valence electrons. The zero-order valence-electron chi connectivity index (χ0n) is 11.9. The van der Waals surface area contributed by atoms with Crippen molar-refractivity contribution in [3.8, 4) is 0 Å². The Bertz CT molecular complexity index is 506. The Kier molecular flexibility index (Phi) is 5.42. The molecular weight excluding hydrogens is 261 g/mol.